The number of fused-ring (bicyclic) bond motifs is 1. The van der Waals surface area contributed by atoms with E-state index >= 15 is 0 Å². The molecule has 4 rings (SSSR count). The molecule has 5 heteroatoms. The number of nitrogens with zero attached hydrogens (tertiary/aromatic N) is 4. The van der Waals surface area contributed by atoms with Crippen LogP contribution in [-0.2, 0) is 11.2 Å². The molecule has 0 atom stereocenters. The molecule has 1 aliphatic carbocycles. The van der Waals surface area contributed by atoms with Crippen LogP contribution in [0.15, 0.2) is 30.7 Å². The quantitative estimate of drug-likeness (QED) is 0.866. The molecular formula is C19H22N4O. The third-order valence-electron chi connectivity index (χ3n) is 4.79. The summed E-state index contributed by atoms with van der Waals surface area (Å²) < 4.78 is 5.44. The lowest BCUT2D eigenvalue weighted by molar-refractivity contribution is 0.0685. The van der Waals surface area contributed by atoms with Crippen molar-refractivity contribution in [1.82, 2.24) is 15.0 Å². The number of hydrogen-bond acceptors (Lipinski definition) is 5. The minimum absolute atomic E-state index is 0.668. The van der Waals surface area contributed by atoms with Crippen molar-refractivity contribution in [3.63, 3.8) is 0 Å². The van der Waals surface area contributed by atoms with Gasteiger partial charge in [0.15, 0.2) is 0 Å². The van der Waals surface area contributed by atoms with E-state index in [4.69, 9.17) is 9.72 Å². The summed E-state index contributed by atoms with van der Waals surface area (Å²) in [5, 5.41) is 0. The Balaban J connectivity index is 1.53. The summed E-state index contributed by atoms with van der Waals surface area (Å²) in [6.07, 6.45) is 13.0. The summed E-state index contributed by atoms with van der Waals surface area (Å²) in [6.45, 7) is 2.74. The minimum atomic E-state index is 0.668. The highest BCUT2D eigenvalue weighted by Gasteiger charge is 2.17. The first-order valence-corrected chi connectivity index (χ1v) is 8.56. The Morgan fingerprint density at radius 1 is 1.21 bits per heavy atom. The van der Waals surface area contributed by atoms with Crippen molar-refractivity contribution in [2.75, 3.05) is 31.7 Å². The SMILES string of the molecule is CN(CC1CCOCC1)c1cncc(-c2cnc3c(c2)C=CC3)n1. The van der Waals surface area contributed by atoms with E-state index in [1.807, 2.05) is 18.6 Å². The standard InChI is InChI=1S/C19H22N4O/c1-23(13-14-5-7-24-8-6-14)19-12-20-11-18(22-19)16-9-15-3-2-4-17(15)21-10-16/h2-3,9-12,14H,4-8,13H2,1H3. The third kappa shape index (κ3) is 3.17. The minimum Gasteiger partial charge on any atom is -0.381 e. The highest BCUT2D eigenvalue weighted by atomic mass is 16.5. The summed E-state index contributed by atoms with van der Waals surface area (Å²) in [7, 11) is 2.09. The second-order valence-corrected chi connectivity index (χ2v) is 6.57. The molecule has 2 aromatic heterocycles. The highest BCUT2D eigenvalue weighted by Crippen LogP contribution is 2.25. The molecule has 24 heavy (non-hydrogen) atoms. The fourth-order valence-electron chi connectivity index (χ4n) is 3.35. The first kappa shape index (κ1) is 15.3. The average Bonchev–Trinajstić information content (AvgIpc) is 3.10. The molecule has 0 unspecified atom stereocenters. The van der Waals surface area contributed by atoms with Gasteiger partial charge in [-0.05, 0) is 30.4 Å². The number of rotatable bonds is 4. The maximum atomic E-state index is 5.44. The van der Waals surface area contributed by atoms with Gasteiger partial charge in [-0.15, -0.1) is 0 Å². The Morgan fingerprint density at radius 3 is 2.96 bits per heavy atom. The average molecular weight is 322 g/mol. The molecule has 124 valence electrons. The Bertz CT molecular complexity index is 753. The van der Waals surface area contributed by atoms with Gasteiger partial charge >= 0.3 is 0 Å². The van der Waals surface area contributed by atoms with E-state index in [0.717, 1.165) is 61.8 Å². The van der Waals surface area contributed by atoms with Gasteiger partial charge in [-0.2, -0.15) is 0 Å². The van der Waals surface area contributed by atoms with Gasteiger partial charge in [0, 0.05) is 45.0 Å². The lowest BCUT2D eigenvalue weighted by Gasteiger charge is -2.27. The van der Waals surface area contributed by atoms with Crippen molar-refractivity contribution in [3.8, 4) is 11.3 Å². The van der Waals surface area contributed by atoms with E-state index in [9.17, 15) is 0 Å². The smallest absolute Gasteiger partial charge is 0.147 e. The van der Waals surface area contributed by atoms with E-state index in [-0.39, 0.29) is 0 Å². The summed E-state index contributed by atoms with van der Waals surface area (Å²) in [6, 6.07) is 2.15. The van der Waals surface area contributed by atoms with Crippen molar-refractivity contribution < 1.29 is 4.74 Å². The molecule has 0 radical (unpaired) electrons. The second kappa shape index (κ2) is 6.69. The number of pyridine rings is 1. The molecule has 0 N–H and O–H groups in total. The van der Waals surface area contributed by atoms with E-state index < -0.39 is 0 Å². The van der Waals surface area contributed by atoms with Crippen molar-refractivity contribution in [2.24, 2.45) is 5.92 Å². The molecule has 2 aliphatic rings. The first-order chi connectivity index (χ1) is 11.8. The maximum Gasteiger partial charge on any atom is 0.147 e. The highest BCUT2D eigenvalue weighted by molar-refractivity contribution is 5.67. The van der Waals surface area contributed by atoms with E-state index in [0.29, 0.717) is 5.92 Å². The lowest BCUT2D eigenvalue weighted by atomic mass is 10.00. The van der Waals surface area contributed by atoms with Gasteiger partial charge in [-0.3, -0.25) is 9.97 Å². The van der Waals surface area contributed by atoms with E-state index in [1.165, 1.54) is 5.56 Å². The van der Waals surface area contributed by atoms with Crippen LogP contribution in [0.2, 0.25) is 0 Å². The third-order valence-corrected chi connectivity index (χ3v) is 4.79. The molecule has 3 heterocycles. The number of ether oxygens (including phenoxy) is 1. The molecule has 1 aliphatic heterocycles. The Kier molecular flexibility index (Phi) is 4.26. The van der Waals surface area contributed by atoms with Crippen LogP contribution >= 0.6 is 0 Å². The van der Waals surface area contributed by atoms with Crippen molar-refractivity contribution in [1.29, 1.82) is 0 Å². The predicted octanol–water partition coefficient (Wildman–Crippen LogP) is 2.97. The van der Waals surface area contributed by atoms with Gasteiger partial charge in [-0.25, -0.2) is 4.98 Å². The lowest BCUT2D eigenvalue weighted by Crippen LogP contribution is -2.30. The van der Waals surface area contributed by atoms with Crippen molar-refractivity contribution in [2.45, 2.75) is 19.3 Å². The zero-order chi connectivity index (χ0) is 16.4. The van der Waals surface area contributed by atoms with Crippen LogP contribution in [0.3, 0.4) is 0 Å². The molecule has 1 fully saturated rings. The van der Waals surface area contributed by atoms with Crippen LogP contribution in [0.4, 0.5) is 5.82 Å². The molecule has 0 spiro atoms. The molecule has 5 nitrogen and oxygen atoms in total. The molecule has 0 aromatic carbocycles. The van der Waals surface area contributed by atoms with Crippen LogP contribution < -0.4 is 4.90 Å². The molecule has 0 bridgehead atoms. The van der Waals surface area contributed by atoms with Gasteiger partial charge in [0.1, 0.15) is 5.82 Å². The van der Waals surface area contributed by atoms with Gasteiger partial charge in [0.25, 0.3) is 0 Å². The summed E-state index contributed by atoms with van der Waals surface area (Å²) >= 11 is 0. The summed E-state index contributed by atoms with van der Waals surface area (Å²) in [5.41, 5.74) is 4.23. The zero-order valence-corrected chi connectivity index (χ0v) is 14.0. The fourth-order valence-corrected chi connectivity index (χ4v) is 3.35. The van der Waals surface area contributed by atoms with Crippen molar-refractivity contribution >= 4 is 11.9 Å². The van der Waals surface area contributed by atoms with Gasteiger partial charge in [-0.1, -0.05) is 12.2 Å². The Hall–Kier alpha value is -2.27. The van der Waals surface area contributed by atoms with E-state index in [2.05, 4.69) is 40.1 Å². The molecular weight excluding hydrogens is 300 g/mol. The van der Waals surface area contributed by atoms with Crippen LogP contribution in [0, 0.1) is 5.92 Å². The van der Waals surface area contributed by atoms with E-state index in [1.54, 1.807) is 0 Å². The van der Waals surface area contributed by atoms with Crippen molar-refractivity contribution in [3.05, 3.63) is 42.0 Å². The Labute approximate surface area is 142 Å². The molecule has 1 saturated heterocycles. The van der Waals surface area contributed by atoms with Gasteiger partial charge in [0.2, 0.25) is 0 Å². The second-order valence-electron chi connectivity index (χ2n) is 6.57. The van der Waals surface area contributed by atoms with Crippen LogP contribution in [0.5, 0.6) is 0 Å². The maximum absolute atomic E-state index is 5.44. The molecule has 2 aromatic rings. The molecule has 0 saturated carbocycles. The van der Waals surface area contributed by atoms with Crippen LogP contribution in [0.1, 0.15) is 24.1 Å². The first-order valence-electron chi connectivity index (χ1n) is 8.56. The zero-order valence-electron chi connectivity index (χ0n) is 14.0. The molecule has 0 amide bonds. The number of hydrogen-bond donors (Lipinski definition) is 0. The predicted molar refractivity (Wildman–Crippen MR) is 94.8 cm³/mol. The van der Waals surface area contributed by atoms with Crippen LogP contribution in [0.25, 0.3) is 17.3 Å². The summed E-state index contributed by atoms with van der Waals surface area (Å²) in [4.78, 5) is 15.9. The normalized spacial score (nSPS) is 17.0. The largest absolute Gasteiger partial charge is 0.381 e. The van der Waals surface area contributed by atoms with Gasteiger partial charge in [0.05, 0.1) is 23.8 Å². The fraction of sp³-hybridized carbons (Fsp3) is 0.421. The van der Waals surface area contributed by atoms with Crippen LogP contribution in [-0.4, -0.2) is 41.8 Å². The Morgan fingerprint density at radius 2 is 2.08 bits per heavy atom. The number of aromatic nitrogens is 3. The summed E-state index contributed by atoms with van der Waals surface area (Å²) in [5.74, 6) is 1.58. The monoisotopic (exact) mass is 322 g/mol. The topological polar surface area (TPSA) is 51.1 Å². The van der Waals surface area contributed by atoms with Gasteiger partial charge < -0.3 is 9.64 Å². The number of allylic oxidation sites excluding steroid dienone is 1. The number of anilines is 1.